The van der Waals surface area contributed by atoms with Crippen LogP contribution in [0, 0.1) is 0 Å². The molecule has 4 nitrogen and oxygen atoms in total. The predicted molar refractivity (Wildman–Crippen MR) is 101 cm³/mol. The lowest BCUT2D eigenvalue weighted by atomic mass is 10.0. The quantitative estimate of drug-likeness (QED) is 0.794. The van der Waals surface area contributed by atoms with E-state index < -0.39 is 0 Å². The van der Waals surface area contributed by atoms with Crippen LogP contribution in [-0.2, 0) is 11.3 Å². The fraction of sp³-hybridized carbons (Fsp3) is 0.421. The predicted octanol–water partition coefficient (Wildman–Crippen LogP) is 2.53. The lowest BCUT2D eigenvalue weighted by Crippen LogP contribution is -2.49. The zero-order valence-corrected chi connectivity index (χ0v) is 14.7. The summed E-state index contributed by atoms with van der Waals surface area (Å²) < 4.78 is 5.37. The van der Waals surface area contributed by atoms with Crippen molar-refractivity contribution in [2.75, 3.05) is 46.0 Å². The molecule has 0 spiro atoms. The summed E-state index contributed by atoms with van der Waals surface area (Å²) in [4.78, 5) is 7.19. The number of thiocarbonyl (C=S) groups is 1. The Morgan fingerprint density at radius 1 is 0.875 bits per heavy atom. The van der Waals surface area contributed by atoms with Gasteiger partial charge in [0.05, 0.1) is 13.2 Å². The molecule has 0 bridgehead atoms. The Hall–Kier alpha value is -1.69. The lowest BCUT2D eigenvalue weighted by Gasteiger charge is -2.36. The van der Waals surface area contributed by atoms with Gasteiger partial charge in [-0.3, -0.25) is 9.80 Å². The van der Waals surface area contributed by atoms with Crippen LogP contribution in [0.3, 0.4) is 0 Å². The SMILES string of the molecule is S=C1OCCN1CN1CCN(Cc2cccc3ccccc23)CC1. The van der Waals surface area contributed by atoms with Gasteiger partial charge in [0, 0.05) is 32.7 Å². The molecule has 2 fully saturated rings. The van der Waals surface area contributed by atoms with E-state index in [9.17, 15) is 0 Å². The molecule has 0 aliphatic carbocycles. The van der Waals surface area contributed by atoms with E-state index in [1.54, 1.807) is 0 Å². The van der Waals surface area contributed by atoms with E-state index in [0.717, 1.165) is 52.5 Å². The molecule has 0 unspecified atom stereocenters. The van der Waals surface area contributed by atoms with Gasteiger partial charge in [-0.2, -0.15) is 0 Å². The van der Waals surface area contributed by atoms with E-state index in [1.807, 2.05) is 0 Å². The second kappa shape index (κ2) is 7.05. The maximum Gasteiger partial charge on any atom is 0.260 e. The number of fused-ring (bicyclic) bond motifs is 1. The van der Waals surface area contributed by atoms with Gasteiger partial charge in [-0.1, -0.05) is 42.5 Å². The van der Waals surface area contributed by atoms with Crippen LogP contribution in [0.15, 0.2) is 42.5 Å². The molecule has 2 aliphatic rings. The highest BCUT2D eigenvalue weighted by atomic mass is 32.1. The van der Waals surface area contributed by atoms with Gasteiger partial charge in [-0.25, -0.2) is 0 Å². The summed E-state index contributed by atoms with van der Waals surface area (Å²) in [5.74, 6) is 0. The standard InChI is InChI=1S/C19H23N3OS/c24-19-22(12-13-23-19)15-21-10-8-20(9-11-21)14-17-6-3-5-16-4-1-2-7-18(16)17/h1-7H,8-15H2. The average molecular weight is 341 g/mol. The van der Waals surface area contributed by atoms with Gasteiger partial charge in [0.15, 0.2) is 0 Å². The molecular weight excluding hydrogens is 318 g/mol. The van der Waals surface area contributed by atoms with Crippen LogP contribution < -0.4 is 0 Å². The van der Waals surface area contributed by atoms with Crippen LogP contribution in [-0.4, -0.2) is 65.9 Å². The fourth-order valence-electron chi connectivity index (χ4n) is 3.56. The van der Waals surface area contributed by atoms with Crippen molar-refractivity contribution in [2.45, 2.75) is 6.54 Å². The van der Waals surface area contributed by atoms with Gasteiger partial charge < -0.3 is 9.64 Å². The molecule has 2 aromatic carbocycles. The van der Waals surface area contributed by atoms with Crippen LogP contribution >= 0.6 is 12.2 Å². The van der Waals surface area contributed by atoms with Crippen molar-refractivity contribution in [3.63, 3.8) is 0 Å². The first-order valence-corrected chi connectivity index (χ1v) is 9.03. The zero-order valence-electron chi connectivity index (χ0n) is 13.9. The minimum absolute atomic E-state index is 0.660. The molecule has 2 saturated heterocycles. The van der Waals surface area contributed by atoms with Crippen molar-refractivity contribution in [1.29, 1.82) is 0 Å². The molecule has 0 atom stereocenters. The minimum atomic E-state index is 0.660. The first-order valence-electron chi connectivity index (χ1n) is 8.63. The molecule has 0 radical (unpaired) electrons. The van der Waals surface area contributed by atoms with E-state index in [2.05, 4.69) is 57.2 Å². The number of hydrogen-bond acceptors (Lipinski definition) is 4. The highest BCUT2D eigenvalue weighted by Crippen LogP contribution is 2.20. The Balaban J connectivity index is 1.35. The molecule has 5 heteroatoms. The van der Waals surface area contributed by atoms with Gasteiger partial charge in [0.25, 0.3) is 5.17 Å². The van der Waals surface area contributed by atoms with Crippen molar-refractivity contribution >= 4 is 28.2 Å². The Morgan fingerprint density at radius 2 is 1.62 bits per heavy atom. The highest BCUT2D eigenvalue weighted by molar-refractivity contribution is 7.80. The van der Waals surface area contributed by atoms with Gasteiger partial charge in [0.2, 0.25) is 0 Å². The second-order valence-electron chi connectivity index (χ2n) is 6.55. The van der Waals surface area contributed by atoms with Crippen molar-refractivity contribution in [2.24, 2.45) is 0 Å². The number of nitrogens with zero attached hydrogens (tertiary/aromatic N) is 3. The van der Waals surface area contributed by atoms with E-state index in [1.165, 1.54) is 16.3 Å². The molecule has 0 aromatic heterocycles. The molecule has 126 valence electrons. The van der Waals surface area contributed by atoms with Crippen LogP contribution in [0.5, 0.6) is 0 Å². The summed E-state index contributed by atoms with van der Waals surface area (Å²) in [6, 6.07) is 15.3. The molecule has 0 amide bonds. The molecule has 2 aliphatic heterocycles. The average Bonchev–Trinajstić information content (AvgIpc) is 3.02. The van der Waals surface area contributed by atoms with Gasteiger partial charge in [-0.05, 0) is 28.6 Å². The summed E-state index contributed by atoms with van der Waals surface area (Å²) >= 11 is 5.23. The Labute approximate surface area is 148 Å². The summed E-state index contributed by atoms with van der Waals surface area (Å²) in [5.41, 5.74) is 1.43. The maximum atomic E-state index is 5.37. The van der Waals surface area contributed by atoms with Crippen LogP contribution in [0.4, 0.5) is 0 Å². The summed E-state index contributed by atoms with van der Waals surface area (Å²) in [6.07, 6.45) is 0. The fourth-order valence-corrected chi connectivity index (χ4v) is 3.79. The normalized spacial score (nSPS) is 19.8. The molecule has 2 aromatic rings. The van der Waals surface area contributed by atoms with Crippen molar-refractivity contribution < 1.29 is 4.74 Å². The van der Waals surface area contributed by atoms with Crippen molar-refractivity contribution in [1.82, 2.24) is 14.7 Å². The molecule has 0 N–H and O–H groups in total. The number of hydrogen-bond donors (Lipinski definition) is 0. The monoisotopic (exact) mass is 341 g/mol. The third kappa shape index (κ3) is 3.38. The van der Waals surface area contributed by atoms with Crippen LogP contribution in [0.2, 0.25) is 0 Å². The summed E-state index contributed by atoms with van der Waals surface area (Å²) in [7, 11) is 0. The molecular formula is C19H23N3OS. The number of ether oxygens (including phenoxy) is 1. The lowest BCUT2D eigenvalue weighted by molar-refractivity contribution is 0.0987. The van der Waals surface area contributed by atoms with Gasteiger partial charge in [0.1, 0.15) is 6.61 Å². The first kappa shape index (κ1) is 15.8. The number of benzene rings is 2. The Kier molecular flexibility index (Phi) is 4.65. The van der Waals surface area contributed by atoms with Gasteiger partial charge >= 0.3 is 0 Å². The van der Waals surface area contributed by atoms with Crippen LogP contribution in [0.25, 0.3) is 10.8 Å². The largest absolute Gasteiger partial charge is 0.469 e. The van der Waals surface area contributed by atoms with Gasteiger partial charge in [-0.15, -0.1) is 0 Å². The Morgan fingerprint density at radius 3 is 2.42 bits per heavy atom. The maximum absolute atomic E-state index is 5.37. The minimum Gasteiger partial charge on any atom is -0.469 e. The molecule has 0 saturated carbocycles. The molecule has 2 heterocycles. The Bertz CT molecular complexity index is 722. The number of piperazine rings is 1. The second-order valence-corrected chi connectivity index (χ2v) is 6.90. The third-order valence-electron chi connectivity index (χ3n) is 4.95. The number of rotatable bonds is 4. The van der Waals surface area contributed by atoms with Crippen molar-refractivity contribution in [3.8, 4) is 0 Å². The molecule has 4 rings (SSSR count). The van der Waals surface area contributed by atoms with E-state index >= 15 is 0 Å². The third-order valence-corrected chi connectivity index (χ3v) is 5.33. The zero-order chi connectivity index (χ0) is 16.4. The summed E-state index contributed by atoms with van der Waals surface area (Å²) in [5, 5.41) is 3.37. The topological polar surface area (TPSA) is 19.0 Å². The molecule has 24 heavy (non-hydrogen) atoms. The smallest absolute Gasteiger partial charge is 0.260 e. The van der Waals surface area contributed by atoms with E-state index in [0.29, 0.717) is 5.17 Å². The van der Waals surface area contributed by atoms with E-state index in [-0.39, 0.29) is 0 Å². The van der Waals surface area contributed by atoms with Crippen molar-refractivity contribution in [3.05, 3.63) is 48.0 Å². The van der Waals surface area contributed by atoms with E-state index in [4.69, 9.17) is 17.0 Å². The first-order chi connectivity index (χ1) is 11.8. The van der Waals surface area contributed by atoms with Crippen LogP contribution in [0.1, 0.15) is 5.56 Å². The highest BCUT2D eigenvalue weighted by Gasteiger charge is 2.23. The summed E-state index contributed by atoms with van der Waals surface area (Å²) in [6.45, 7) is 7.97.